The van der Waals surface area contributed by atoms with Crippen LogP contribution in [0.1, 0.15) is 62.8 Å². The number of halogens is 1. The molecule has 3 heterocycles. The first kappa shape index (κ1) is 27.2. The molecule has 0 bridgehead atoms. The van der Waals surface area contributed by atoms with E-state index in [1.165, 1.54) is 5.03 Å². The van der Waals surface area contributed by atoms with Crippen molar-refractivity contribution < 1.29 is 9.18 Å². The number of nitrogens with zero attached hydrogens (tertiary/aromatic N) is 5. The summed E-state index contributed by atoms with van der Waals surface area (Å²) in [5.74, 6) is -0.269. The molecule has 0 saturated carbocycles. The number of hydrogen-bond donors (Lipinski definition) is 0. The van der Waals surface area contributed by atoms with Crippen molar-refractivity contribution in [2.45, 2.75) is 58.9 Å². The standard InChI is InChI=1S/C29H38FN5OS/c1-8-9-25(37-19-31-7)33-14-15-35(29(5,6)18-33)27(36)23-12-13-24-26(32-23)28(3,4)17-34(24)21-11-10-20(2)22(30)16-21/h9-13,16,19H,8,14-15,17-18H2,1-7H3/b25-9+,31-19-. The van der Waals surface area contributed by atoms with Crippen LogP contribution in [0.5, 0.6) is 0 Å². The fourth-order valence-corrected chi connectivity index (χ4v) is 5.99. The van der Waals surface area contributed by atoms with Crippen LogP contribution in [0.25, 0.3) is 0 Å². The van der Waals surface area contributed by atoms with Crippen LogP contribution in [0.4, 0.5) is 15.8 Å². The fraction of sp³-hybridized carbons (Fsp3) is 0.483. The molecular formula is C29H38FN5OS. The molecule has 6 nitrogen and oxygen atoms in total. The number of fused-ring (bicyclic) bond motifs is 1. The molecule has 37 heavy (non-hydrogen) atoms. The zero-order chi connectivity index (χ0) is 27.0. The van der Waals surface area contributed by atoms with Gasteiger partial charge >= 0.3 is 0 Å². The third-order valence-electron chi connectivity index (χ3n) is 7.16. The number of allylic oxidation sites excluding steroid dienone is 1. The van der Waals surface area contributed by atoms with Crippen LogP contribution in [0.2, 0.25) is 0 Å². The summed E-state index contributed by atoms with van der Waals surface area (Å²) in [4.78, 5) is 29.2. The molecule has 198 valence electrons. The quantitative estimate of drug-likeness (QED) is 0.336. The van der Waals surface area contributed by atoms with E-state index in [0.29, 0.717) is 24.3 Å². The van der Waals surface area contributed by atoms with Gasteiger partial charge in [-0.05, 0) is 57.0 Å². The summed E-state index contributed by atoms with van der Waals surface area (Å²) in [6, 6.07) is 9.11. The van der Waals surface area contributed by atoms with Crippen LogP contribution in [-0.4, -0.2) is 65.0 Å². The van der Waals surface area contributed by atoms with Gasteiger partial charge in [-0.15, -0.1) is 0 Å². The summed E-state index contributed by atoms with van der Waals surface area (Å²) < 4.78 is 14.3. The van der Waals surface area contributed by atoms with Gasteiger partial charge in [0.2, 0.25) is 0 Å². The van der Waals surface area contributed by atoms with Crippen molar-refractivity contribution in [3.63, 3.8) is 0 Å². The Kier molecular flexibility index (Phi) is 7.70. The average molecular weight is 524 g/mol. The van der Waals surface area contributed by atoms with Crippen LogP contribution < -0.4 is 4.90 Å². The van der Waals surface area contributed by atoms with Crippen LogP contribution in [-0.2, 0) is 5.41 Å². The second-order valence-corrected chi connectivity index (χ2v) is 12.0. The maximum atomic E-state index is 14.3. The lowest BCUT2D eigenvalue weighted by molar-refractivity contribution is 0.0278. The molecule has 0 N–H and O–H groups in total. The summed E-state index contributed by atoms with van der Waals surface area (Å²) in [6.45, 7) is 15.2. The number of anilines is 2. The van der Waals surface area contributed by atoms with E-state index in [2.05, 4.69) is 55.5 Å². The fourth-order valence-electron chi connectivity index (χ4n) is 5.21. The molecule has 4 rings (SSSR count). The number of amides is 1. The highest BCUT2D eigenvalue weighted by molar-refractivity contribution is 8.15. The Morgan fingerprint density at radius 2 is 1.92 bits per heavy atom. The van der Waals surface area contributed by atoms with Gasteiger partial charge < -0.3 is 14.7 Å². The van der Waals surface area contributed by atoms with Gasteiger partial charge in [0, 0.05) is 44.3 Å². The Balaban J connectivity index is 1.58. The molecule has 1 aromatic heterocycles. The van der Waals surface area contributed by atoms with Gasteiger partial charge in [-0.1, -0.05) is 44.7 Å². The van der Waals surface area contributed by atoms with Crippen LogP contribution in [0, 0.1) is 12.7 Å². The van der Waals surface area contributed by atoms with Gasteiger partial charge in [-0.3, -0.25) is 9.79 Å². The number of aromatic nitrogens is 1. The van der Waals surface area contributed by atoms with E-state index < -0.39 is 0 Å². The zero-order valence-corrected chi connectivity index (χ0v) is 23.8. The molecule has 0 atom stereocenters. The highest BCUT2D eigenvalue weighted by atomic mass is 32.2. The summed E-state index contributed by atoms with van der Waals surface area (Å²) in [7, 11) is 1.78. The SMILES string of the molecule is CC/C=C(/S/C=N\C)N1CCN(C(=O)c2ccc3c(n2)C(C)(C)CN3c2ccc(C)c(F)c2)C(C)(C)C1. The predicted octanol–water partition coefficient (Wildman–Crippen LogP) is 6.14. The Bertz CT molecular complexity index is 1240. The average Bonchev–Trinajstić information content (AvgIpc) is 3.12. The summed E-state index contributed by atoms with van der Waals surface area (Å²) in [6.07, 6.45) is 3.16. The molecule has 0 spiro atoms. The predicted molar refractivity (Wildman–Crippen MR) is 152 cm³/mol. The molecule has 1 fully saturated rings. The lowest BCUT2D eigenvalue weighted by Gasteiger charge is -2.48. The Morgan fingerprint density at radius 3 is 2.57 bits per heavy atom. The Labute approximate surface area is 224 Å². The van der Waals surface area contributed by atoms with Crippen LogP contribution in [0.3, 0.4) is 0 Å². The number of thioether (sulfide) groups is 1. The third kappa shape index (κ3) is 5.40. The Hall–Kier alpha value is -2.87. The van der Waals surface area contributed by atoms with E-state index in [1.54, 1.807) is 37.9 Å². The van der Waals surface area contributed by atoms with Crippen molar-refractivity contribution in [2.24, 2.45) is 4.99 Å². The topological polar surface area (TPSA) is 52.0 Å². The second-order valence-electron chi connectivity index (χ2n) is 11.1. The molecule has 2 aliphatic heterocycles. The largest absolute Gasteiger partial charge is 0.362 e. The number of piperazine rings is 1. The van der Waals surface area contributed by atoms with Gasteiger partial charge in [0.05, 0.1) is 27.5 Å². The van der Waals surface area contributed by atoms with Crippen molar-refractivity contribution in [3.05, 3.63) is 64.2 Å². The summed E-state index contributed by atoms with van der Waals surface area (Å²) >= 11 is 1.62. The van der Waals surface area contributed by atoms with E-state index in [-0.39, 0.29) is 22.7 Å². The minimum Gasteiger partial charge on any atom is -0.362 e. The first-order valence-corrected chi connectivity index (χ1v) is 13.8. The number of rotatable bonds is 6. The van der Waals surface area contributed by atoms with Crippen LogP contribution in [0.15, 0.2) is 46.4 Å². The highest BCUT2D eigenvalue weighted by Crippen LogP contribution is 2.43. The van der Waals surface area contributed by atoms with Crippen molar-refractivity contribution in [3.8, 4) is 0 Å². The smallest absolute Gasteiger partial charge is 0.273 e. The highest BCUT2D eigenvalue weighted by Gasteiger charge is 2.41. The van der Waals surface area contributed by atoms with Crippen LogP contribution >= 0.6 is 11.8 Å². The van der Waals surface area contributed by atoms with E-state index in [4.69, 9.17) is 4.98 Å². The molecule has 0 radical (unpaired) electrons. The van der Waals surface area contributed by atoms with E-state index >= 15 is 0 Å². The van der Waals surface area contributed by atoms with Gasteiger partial charge in [0.15, 0.2) is 0 Å². The van der Waals surface area contributed by atoms with Crippen molar-refractivity contribution >= 4 is 34.6 Å². The number of carbonyl (C=O) groups is 1. The number of aliphatic imine (C=N–C) groups is 1. The molecular weight excluding hydrogens is 485 g/mol. The molecule has 2 aliphatic rings. The maximum absolute atomic E-state index is 14.3. The van der Waals surface area contributed by atoms with Gasteiger partial charge in [-0.25, -0.2) is 9.37 Å². The number of pyridine rings is 1. The first-order chi connectivity index (χ1) is 17.5. The molecule has 2 aromatic rings. The van der Waals surface area contributed by atoms with E-state index in [9.17, 15) is 9.18 Å². The monoisotopic (exact) mass is 523 g/mol. The van der Waals surface area contributed by atoms with E-state index in [1.807, 2.05) is 28.6 Å². The number of aryl methyl sites for hydroxylation is 1. The van der Waals surface area contributed by atoms with E-state index in [0.717, 1.165) is 36.6 Å². The maximum Gasteiger partial charge on any atom is 0.273 e. The third-order valence-corrected chi connectivity index (χ3v) is 8.14. The van der Waals surface area contributed by atoms with Gasteiger partial charge in [0.1, 0.15) is 11.5 Å². The number of hydrogen-bond acceptors (Lipinski definition) is 6. The summed E-state index contributed by atoms with van der Waals surface area (Å²) in [5.41, 5.74) is 4.90. The molecule has 0 aliphatic carbocycles. The first-order valence-electron chi connectivity index (χ1n) is 12.9. The summed E-state index contributed by atoms with van der Waals surface area (Å²) in [5, 5.41) is 1.18. The zero-order valence-electron chi connectivity index (χ0n) is 23.0. The van der Waals surface area contributed by atoms with Gasteiger partial charge in [0.25, 0.3) is 5.91 Å². The molecule has 8 heteroatoms. The molecule has 1 amide bonds. The van der Waals surface area contributed by atoms with Crippen molar-refractivity contribution in [1.29, 1.82) is 0 Å². The second kappa shape index (κ2) is 10.5. The molecule has 0 unspecified atom stereocenters. The van der Waals surface area contributed by atoms with Gasteiger partial charge in [-0.2, -0.15) is 0 Å². The molecule has 1 aromatic carbocycles. The minimum absolute atomic E-state index is 0.0492. The van der Waals surface area contributed by atoms with Crippen molar-refractivity contribution in [1.82, 2.24) is 14.8 Å². The normalized spacial score (nSPS) is 19.0. The minimum atomic E-state index is -0.367. The molecule has 1 saturated heterocycles. The van der Waals surface area contributed by atoms with Crippen molar-refractivity contribution in [2.75, 3.05) is 38.1 Å². The number of benzene rings is 1. The Morgan fingerprint density at radius 1 is 1.16 bits per heavy atom. The number of carbonyl (C=O) groups excluding carboxylic acids is 1. The lowest BCUT2D eigenvalue weighted by atomic mass is 9.91. The lowest BCUT2D eigenvalue weighted by Crippen LogP contribution is -2.60.